The molecule has 2 unspecified atom stereocenters. The van der Waals surface area contributed by atoms with Crippen LogP contribution in [-0.4, -0.2) is 29.1 Å². The number of carbonyl (C=O) groups is 1. The fourth-order valence-corrected chi connectivity index (χ4v) is 3.62. The Labute approximate surface area is 118 Å². The average molecular weight is 266 g/mol. The van der Waals surface area contributed by atoms with E-state index >= 15 is 0 Å². The van der Waals surface area contributed by atoms with E-state index in [9.17, 15) is 4.79 Å². The van der Waals surface area contributed by atoms with Crippen molar-refractivity contribution in [1.82, 2.24) is 10.2 Å². The zero-order valence-corrected chi connectivity index (χ0v) is 12.7. The summed E-state index contributed by atoms with van der Waals surface area (Å²) >= 11 is 0. The zero-order valence-electron chi connectivity index (χ0n) is 12.7. The van der Waals surface area contributed by atoms with Gasteiger partial charge in [-0.25, -0.2) is 0 Å². The van der Waals surface area contributed by atoms with Crippen LogP contribution in [-0.2, 0) is 4.79 Å². The van der Waals surface area contributed by atoms with E-state index in [-0.39, 0.29) is 12.2 Å². The van der Waals surface area contributed by atoms with Gasteiger partial charge in [0.25, 0.3) is 0 Å². The van der Waals surface area contributed by atoms with Gasteiger partial charge in [-0.3, -0.25) is 10.1 Å². The maximum atomic E-state index is 12.7. The Morgan fingerprint density at radius 1 is 1.16 bits per heavy atom. The van der Waals surface area contributed by atoms with Gasteiger partial charge in [-0.15, -0.1) is 0 Å². The Hall–Kier alpha value is -0.570. The molecule has 0 radical (unpaired) electrons. The van der Waals surface area contributed by atoms with Crippen LogP contribution in [0.5, 0.6) is 0 Å². The van der Waals surface area contributed by atoms with Gasteiger partial charge in [0.1, 0.15) is 0 Å². The summed E-state index contributed by atoms with van der Waals surface area (Å²) in [5, 5.41) is 3.57. The molecule has 0 bridgehead atoms. The first-order valence-corrected chi connectivity index (χ1v) is 8.36. The number of hydrogen-bond donors (Lipinski definition) is 1. The zero-order chi connectivity index (χ0) is 13.7. The van der Waals surface area contributed by atoms with Gasteiger partial charge in [0.05, 0.1) is 12.2 Å². The lowest BCUT2D eigenvalue weighted by molar-refractivity contribution is -0.132. The molecule has 19 heavy (non-hydrogen) atoms. The van der Waals surface area contributed by atoms with Gasteiger partial charge in [-0.2, -0.15) is 0 Å². The van der Waals surface area contributed by atoms with Gasteiger partial charge in [-0.05, 0) is 25.7 Å². The third kappa shape index (κ3) is 3.50. The van der Waals surface area contributed by atoms with Crippen molar-refractivity contribution in [3.8, 4) is 0 Å². The molecule has 2 fully saturated rings. The summed E-state index contributed by atoms with van der Waals surface area (Å²) in [4.78, 5) is 14.9. The molecule has 1 saturated heterocycles. The van der Waals surface area contributed by atoms with Crippen molar-refractivity contribution in [2.24, 2.45) is 0 Å². The second kappa shape index (κ2) is 7.28. The van der Waals surface area contributed by atoms with Crippen molar-refractivity contribution >= 4 is 5.91 Å². The molecule has 0 aromatic carbocycles. The smallest absolute Gasteiger partial charge is 0.241 e. The molecule has 0 aromatic heterocycles. The fourth-order valence-electron chi connectivity index (χ4n) is 3.62. The van der Waals surface area contributed by atoms with Gasteiger partial charge >= 0.3 is 0 Å². The van der Waals surface area contributed by atoms with Gasteiger partial charge in [0, 0.05) is 6.04 Å². The quantitative estimate of drug-likeness (QED) is 0.773. The first-order chi connectivity index (χ1) is 9.27. The van der Waals surface area contributed by atoms with Crippen LogP contribution in [0.1, 0.15) is 78.1 Å². The van der Waals surface area contributed by atoms with Crippen molar-refractivity contribution < 1.29 is 4.79 Å². The average Bonchev–Trinajstić information content (AvgIpc) is 2.61. The summed E-state index contributed by atoms with van der Waals surface area (Å²) in [6, 6.07) is 0.590. The van der Waals surface area contributed by atoms with E-state index in [2.05, 4.69) is 24.1 Å². The summed E-state index contributed by atoms with van der Waals surface area (Å²) in [5.74, 6) is 0.382. The second-order valence-electron chi connectivity index (χ2n) is 6.18. The van der Waals surface area contributed by atoms with E-state index in [1.54, 1.807) is 0 Å². The van der Waals surface area contributed by atoms with Crippen molar-refractivity contribution in [2.75, 3.05) is 0 Å². The highest BCUT2D eigenvalue weighted by molar-refractivity contribution is 5.84. The number of hydrogen-bond acceptors (Lipinski definition) is 2. The van der Waals surface area contributed by atoms with E-state index in [4.69, 9.17) is 0 Å². The lowest BCUT2D eigenvalue weighted by Gasteiger charge is -2.31. The van der Waals surface area contributed by atoms with Crippen molar-refractivity contribution in [1.29, 1.82) is 0 Å². The first-order valence-electron chi connectivity index (χ1n) is 8.36. The van der Waals surface area contributed by atoms with E-state index in [1.165, 1.54) is 44.9 Å². The lowest BCUT2D eigenvalue weighted by atomic mass is 10.1. The minimum atomic E-state index is 0.0909. The molecular formula is C16H30N2O. The van der Waals surface area contributed by atoms with Crippen molar-refractivity contribution in [2.45, 2.75) is 96.3 Å². The SMILES string of the molecule is CCCCC1NC(CC)N(C2CCCCCC2)C1=O. The molecule has 1 aliphatic carbocycles. The van der Waals surface area contributed by atoms with Crippen LogP contribution in [0.25, 0.3) is 0 Å². The number of nitrogens with one attached hydrogen (secondary N) is 1. The van der Waals surface area contributed by atoms with Crippen LogP contribution in [0.4, 0.5) is 0 Å². The van der Waals surface area contributed by atoms with Crippen LogP contribution in [0.2, 0.25) is 0 Å². The molecule has 2 aliphatic rings. The number of nitrogens with zero attached hydrogens (tertiary/aromatic N) is 1. The topological polar surface area (TPSA) is 32.3 Å². The van der Waals surface area contributed by atoms with Gasteiger partial charge in [0.15, 0.2) is 0 Å². The molecule has 3 nitrogen and oxygen atoms in total. The molecule has 110 valence electrons. The molecule has 3 heteroatoms. The molecule has 2 atom stereocenters. The third-order valence-corrected chi connectivity index (χ3v) is 4.73. The lowest BCUT2D eigenvalue weighted by Crippen LogP contribution is -2.44. The summed E-state index contributed by atoms with van der Waals surface area (Å²) < 4.78 is 0. The normalized spacial score (nSPS) is 29.8. The third-order valence-electron chi connectivity index (χ3n) is 4.73. The van der Waals surface area contributed by atoms with Crippen LogP contribution < -0.4 is 5.32 Å². The summed E-state index contributed by atoms with van der Waals surface area (Å²) in [6.45, 7) is 4.39. The number of carbonyl (C=O) groups excluding carboxylic acids is 1. The Bertz CT molecular complexity index is 284. The maximum absolute atomic E-state index is 12.7. The Balaban J connectivity index is 2.01. The highest BCUT2D eigenvalue weighted by Gasteiger charge is 2.40. The first kappa shape index (κ1) is 14.8. The summed E-state index contributed by atoms with van der Waals surface area (Å²) in [6.07, 6.45) is 12.4. The predicted molar refractivity (Wildman–Crippen MR) is 78.9 cm³/mol. The Morgan fingerprint density at radius 2 is 1.84 bits per heavy atom. The van der Waals surface area contributed by atoms with Crippen molar-refractivity contribution in [3.05, 3.63) is 0 Å². The highest BCUT2D eigenvalue weighted by Crippen LogP contribution is 2.28. The van der Waals surface area contributed by atoms with Crippen LogP contribution in [0.15, 0.2) is 0 Å². The Morgan fingerprint density at radius 3 is 2.42 bits per heavy atom. The van der Waals surface area contributed by atoms with Gasteiger partial charge < -0.3 is 4.90 Å². The van der Waals surface area contributed by atoms with Crippen molar-refractivity contribution in [3.63, 3.8) is 0 Å². The number of unbranched alkanes of at least 4 members (excludes halogenated alkanes) is 1. The molecule has 0 spiro atoms. The minimum Gasteiger partial charge on any atom is -0.323 e. The molecular weight excluding hydrogens is 236 g/mol. The minimum absolute atomic E-state index is 0.0909. The van der Waals surface area contributed by atoms with Gasteiger partial charge in [-0.1, -0.05) is 52.4 Å². The van der Waals surface area contributed by atoms with Crippen LogP contribution in [0.3, 0.4) is 0 Å². The molecule has 1 N–H and O–H groups in total. The summed E-state index contributed by atoms with van der Waals surface area (Å²) in [7, 11) is 0. The van der Waals surface area contributed by atoms with E-state index < -0.39 is 0 Å². The van der Waals surface area contributed by atoms with E-state index in [0.29, 0.717) is 11.9 Å². The fraction of sp³-hybridized carbons (Fsp3) is 0.938. The van der Waals surface area contributed by atoms with E-state index in [0.717, 1.165) is 19.3 Å². The number of amides is 1. The monoisotopic (exact) mass is 266 g/mol. The van der Waals surface area contributed by atoms with Gasteiger partial charge in [0.2, 0.25) is 5.91 Å². The molecule has 2 rings (SSSR count). The van der Waals surface area contributed by atoms with Crippen LogP contribution >= 0.6 is 0 Å². The molecule has 1 aliphatic heterocycles. The highest BCUT2D eigenvalue weighted by atomic mass is 16.2. The molecule has 1 amide bonds. The largest absolute Gasteiger partial charge is 0.323 e. The molecule has 1 heterocycles. The van der Waals surface area contributed by atoms with Crippen LogP contribution in [0, 0.1) is 0 Å². The summed E-state index contributed by atoms with van der Waals surface area (Å²) in [5.41, 5.74) is 0. The standard InChI is InChI=1S/C16H30N2O/c1-3-5-12-14-16(19)18(15(4-2)17-14)13-10-8-6-7-9-11-13/h13-15,17H,3-12H2,1-2H3. The predicted octanol–water partition coefficient (Wildman–Crippen LogP) is 3.44. The number of rotatable bonds is 5. The molecule has 0 aromatic rings. The molecule has 1 saturated carbocycles. The Kier molecular flexibility index (Phi) is 5.68. The van der Waals surface area contributed by atoms with E-state index in [1.807, 2.05) is 0 Å². The maximum Gasteiger partial charge on any atom is 0.241 e. The second-order valence-corrected chi connectivity index (χ2v) is 6.18.